The number of esters is 2. The fourth-order valence-electron chi connectivity index (χ4n) is 1.00. The highest BCUT2D eigenvalue weighted by atomic mass is 16.6. The molecule has 0 spiro atoms. The minimum atomic E-state index is -0.762. The summed E-state index contributed by atoms with van der Waals surface area (Å²) in [6.07, 6.45) is 0. The molecule has 0 aliphatic carbocycles. The topological polar surface area (TPSA) is 89.5 Å². The third kappa shape index (κ3) is 13.4. The summed E-state index contributed by atoms with van der Waals surface area (Å²) < 4.78 is 28.9. The summed E-state index contributed by atoms with van der Waals surface area (Å²) >= 11 is 0. The van der Waals surface area contributed by atoms with Gasteiger partial charge in [0, 0.05) is 14.2 Å². The van der Waals surface area contributed by atoms with Crippen molar-refractivity contribution in [2.75, 3.05) is 67.1 Å². The number of hydrogen-bond donors (Lipinski definition) is 0. The lowest BCUT2D eigenvalue weighted by atomic mass is 10.6. The first-order valence-corrected chi connectivity index (χ1v) is 6.15. The SMILES string of the molecule is COCCOCCOCC(=O)OC(=O)COCCOC. The van der Waals surface area contributed by atoms with E-state index in [1.165, 1.54) is 7.11 Å². The molecule has 0 bridgehead atoms. The predicted molar refractivity (Wildman–Crippen MR) is 67.3 cm³/mol. The van der Waals surface area contributed by atoms with Gasteiger partial charge in [0.1, 0.15) is 13.2 Å². The van der Waals surface area contributed by atoms with Crippen LogP contribution in [0, 0.1) is 0 Å². The highest BCUT2D eigenvalue weighted by Crippen LogP contribution is 1.87. The van der Waals surface area contributed by atoms with Crippen LogP contribution in [-0.4, -0.2) is 79.0 Å². The molecule has 8 heteroatoms. The molecule has 0 unspecified atom stereocenters. The number of methoxy groups -OCH3 is 2. The summed E-state index contributed by atoms with van der Waals surface area (Å²) in [5.41, 5.74) is 0. The summed E-state index contributed by atoms with van der Waals surface area (Å²) in [5.74, 6) is -1.52. The summed E-state index contributed by atoms with van der Waals surface area (Å²) in [6.45, 7) is 1.55. The van der Waals surface area contributed by atoms with Gasteiger partial charge in [-0.3, -0.25) is 0 Å². The number of carbonyl (C=O) groups excluding carboxylic acids is 2. The highest BCUT2D eigenvalue weighted by Gasteiger charge is 2.10. The maximum atomic E-state index is 11.2. The molecule has 0 heterocycles. The number of ether oxygens (including phenoxy) is 6. The van der Waals surface area contributed by atoms with Crippen molar-refractivity contribution in [3.05, 3.63) is 0 Å². The minimum absolute atomic E-state index is 0.233. The fraction of sp³-hybridized carbons (Fsp3) is 0.833. The molecule has 0 aromatic heterocycles. The van der Waals surface area contributed by atoms with Gasteiger partial charge in [0.05, 0.1) is 39.6 Å². The van der Waals surface area contributed by atoms with Crippen molar-refractivity contribution >= 4 is 11.9 Å². The summed E-state index contributed by atoms with van der Waals surface area (Å²) in [6, 6.07) is 0. The molecule has 0 aliphatic heterocycles. The Hall–Kier alpha value is -1.06. The van der Waals surface area contributed by atoms with Gasteiger partial charge >= 0.3 is 11.9 Å². The Kier molecular flexibility index (Phi) is 13.6. The van der Waals surface area contributed by atoms with E-state index in [2.05, 4.69) is 4.74 Å². The molecule has 0 fully saturated rings. The molecule has 0 aromatic rings. The Labute approximate surface area is 118 Å². The Morgan fingerprint density at radius 1 is 0.650 bits per heavy atom. The first-order chi connectivity index (χ1) is 9.70. The van der Waals surface area contributed by atoms with E-state index in [0.717, 1.165) is 0 Å². The van der Waals surface area contributed by atoms with Crippen LogP contribution in [0.4, 0.5) is 0 Å². The van der Waals surface area contributed by atoms with Crippen LogP contribution in [0.5, 0.6) is 0 Å². The van der Waals surface area contributed by atoms with Gasteiger partial charge in [0.25, 0.3) is 0 Å². The lowest BCUT2D eigenvalue weighted by molar-refractivity contribution is -0.166. The van der Waals surface area contributed by atoms with Gasteiger partial charge in [0.15, 0.2) is 0 Å². The zero-order valence-corrected chi connectivity index (χ0v) is 11.9. The van der Waals surface area contributed by atoms with Gasteiger partial charge in [0.2, 0.25) is 0 Å². The van der Waals surface area contributed by atoms with Crippen LogP contribution >= 0.6 is 0 Å². The van der Waals surface area contributed by atoms with Gasteiger partial charge in [-0.1, -0.05) is 0 Å². The molecule has 118 valence electrons. The second-order valence-electron chi connectivity index (χ2n) is 3.55. The number of hydrogen-bond acceptors (Lipinski definition) is 8. The average Bonchev–Trinajstić information content (AvgIpc) is 2.42. The van der Waals surface area contributed by atoms with E-state index in [1.807, 2.05) is 0 Å². The van der Waals surface area contributed by atoms with Gasteiger partial charge in [-0.05, 0) is 0 Å². The van der Waals surface area contributed by atoms with Crippen LogP contribution in [0.2, 0.25) is 0 Å². The standard InChI is InChI=1S/C12H22O8/c1-15-3-5-17-7-8-19-10-12(14)20-11(13)9-18-6-4-16-2/h3-10H2,1-2H3. The Morgan fingerprint density at radius 2 is 1.05 bits per heavy atom. The molecule has 0 atom stereocenters. The largest absolute Gasteiger partial charge is 0.390 e. The fourth-order valence-corrected chi connectivity index (χ4v) is 1.00. The van der Waals surface area contributed by atoms with Crippen LogP contribution in [0.3, 0.4) is 0 Å². The van der Waals surface area contributed by atoms with Crippen LogP contribution in [0.25, 0.3) is 0 Å². The monoisotopic (exact) mass is 294 g/mol. The molecule has 0 saturated heterocycles. The molecule has 0 N–H and O–H groups in total. The normalized spacial score (nSPS) is 10.5. The zero-order valence-electron chi connectivity index (χ0n) is 11.9. The van der Waals surface area contributed by atoms with Crippen LogP contribution < -0.4 is 0 Å². The van der Waals surface area contributed by atoms with Crippen molar-refractivity contribution in [2.24, 2.45) is 0 Å². The van der Waals surface area contributed by atoms with E-state index in [-0.39, 0.29) is 26.4 Å². The lowest BCUT2D eigenvalue weighted by Crippen LogP contribution is -2.22. The molecule has 0 aromatic carbocycles. The molecule has 8 nitrogen and oxygen atoms in total. The number of carbonyl (C=O) groups is 2. The van der Waals surface area contributed by atoms with Gasteiger partial charge in [-0.25, -0.2) is 9.59 Å². The Bertz CT molecular complexity index is 256. The van der Waals surface area contributed by atoms with E-state index in [9.17, 15) is 9.59 Å². The van der Waals surface area contributed by atoms with Crippen molar-refractivity contribution in [3.63, 3.8) is 0 Å². The first kappa shape index (κ1) is 18.9. The summed E-state index contributed by atoms with van der Waals surface area (Å²) in [7, 11) is 3.09. The maximum absolute atomic E-state index is 11.2. The molecule has 0 saturated carbocycles. The van der Waals surface area contributed by atoms with Crippen molar-refractivity contribution in [2.45, 2.75) is 0 Å². The van der Waals surface area contributed by atoms with Gasteiger partial charge < -0.3 is 28.4 Å². The predicted octanol–water partition coefficient (Wildman–Crippen LogP) is -0.601. The smallest absolute Gasteiger partial charge is 0.339 e. The van der Waals surface area contributed by atoms with Crippen molar-refractivity contribution < 1.29 is 38.0 Å². The van der Waals surface area contributed by atoms with Gasteiger partial charge in [-0.2, -0.15) is 0 Å². The lowest BCUT2D eigenvalue weighted by Gasteiger charge is -2.06. The van der Waals surface area contributed by atoms with E-state index in [0.29, 0.717) is 26.4 Å². The second-order valence-corrected chi connectivity index (χ2v) is 3.55. The molecule has 0 amide bonds. The summed E-state index contributed by atoms with van der Waals surface area (Å²) in [4.78, 5) is 22.3. The maximum Gasteiger partial charge on any atom is 0.339 e. The first-order valence-electron chi connectivity index (χ1n) is 6.15. The molecular weight excluding hydrogens is 272 g/mol. The third-order valence-electron chi connectivity index (χ3n) is 1.90. The molecule has 0 radical (unpaired) electrons. The van der Waals surface area contributed by atoms with Crippen molar-refractivity contribution in [1.82, 2.24) is 0 Å². The van der Waals surface area contributed by atoms with E-state index in [4.69, 9.17) is 23.7 Å². The molecule has 0 aliphatic rings. The van der Waals surface area contributed by atoms with E-state index < -0.39 is 11.9 Å². The highest BCUT2D eigenvalue weighted by molar-refractivity contribution is 5.86. The van der Waals surface area contributed by atoms with Crippen LogP contribution in [0.15, 0.2) is 0 Å². The van der Waals surface area contributed by atoms with E-state index in [1.54, 1.807) is 7.11 Å². The Morgan fingerprint density at radius 3 is 1.55 bits per heavy atom. The van der Waals surface area contributed by atoms with Crippen LogP contribution in [-0.2, 0) is 38.0 Å². The van der Waals surface area contributed by atoms with E-state index >= 15 is 0 Å². The third-order valence-corrected chi connectivity index (χ3v) is 1.90. The molecule has 0 rings (SSSR count). The van der Waals surface area contributed by atoms with Gasteiger partial charge in [-0.15, -0.1) is 0 Å². The van der Waals surface area contributed by atoms with Crippen LogP contribution in [0.1, 0.15) is 0 Å². The zero-order chi connectivity index (χ0) is 15.1. The minimum Gasteiger partial charge on any atom is -0.390 e. The van der Waals surface area contributed by atoms with Crippen molar-refractivity contribution in [1.29, 1.82) is 0 Å². The summed E-state index contributed by atoms with van der Waals surface area (Å²) in [5, 5.41) is 0. The quantitative estimate of drug-likeness (QED) is 0.253. The molecular formula is C12H22O8. The Balaban J connectivity index is 3.37. The average molecular weight is 294 g/mol. The van der Waals surface area contributed by atoms with Crippen molar-refractivity contribution in [3.8, 4) is 0 Å². The second kappa shape index (κ2) is 14.4. The molecule has 20 heavy (non-hydrogen) atoms. The number of rotatable bonds is 13.